The second-order valence-electron chi connectivity index (χ2n) is 2.94. The van der Waals surface area contributed by atoms with Crippen LogP contribution >= 0.6 is 0 Å². The summed E-state index contributed by atoms with van der Waals surface area (Å²) < 4.78 is 0. The van der Waals surface area contributed by atoms with E-state index in [1.165, 1.54) is 25.9 Å². The Bertz CT molecular complexity index is 75.6. The van der Waals surface area contributed by atoms with Gasteiger partial charge in [-0.15, -0.1) is 0 Å². The van der Waals surface area contributed by atoms with Crippen LogP contribution in [0.1, 0.15) is 26.7 Å². The lowest BCUT2D eigenvalue weighted by atomic mass is 10.1. The fraction of sp³-hybridized carbons (Fsp3) is 1.00. The predicted molar refractivity (Wildman–Crippen MR) is 50.9 cm³/mol. The Hall–Kier alpha value is -0.0800. The van der Waals surface area contributed by atoms with Crippen LogP contribution in [0.15, 0.2) is 0 Å². The zero-order valence-corrected chi connectivity index (χ0v) is 8.35. The standard InChI is InChI=1S/C7H16N2.C2H6/c1-9(2)7-3-5-8-6-4-7;1-2/h7-8H,3-6H2,1-2H3;1-2H3. The van der Waals surface area contributed by atoms with Crippen molar-refractivity contribution in [2.75, 3.05) is 27.2 Å². The van der Waals surface area contributed by atoms with Crippen molar-refractivity contribution in [2.24, 2.45) is 0 Å². The molecule has 0 aliphatic carbocycles. The first-order chi connectivity index (χ1) is 5.30. The van der Waals surface area contributed by atoms with Crippen LogP contribution in [0, 0.1) is 0 Å². The zero-order chi connectivity index (χ0) is 8.69. The number of rotatable bonds is 1. The Balaban J connectivity index is 0.000000461. The summed E-state index contributed by atoms with van der Waals surface area (Å²) in [5.74, 6) is 0. The highest BCUT2D eigenvalue weighted by atomic mass is 15.1. The summed E-state index contributed by atoms with van der Waals surface area (Å²) >= 11 is 0. The summed E-state index contributed by atoms with van der Waals surface area (Å²) in [6.07, 6.45) is 2.62. The number of nitrogens with zero attached hydrogens (tertiary/aromatic N) is 1. The molecule has 1 fully saturated rings. The quantitative estimate of drug-likeness (QED) is 0.619. The zero-order valence-electron chi connectivity index (χ0n) is 8.35. The molecular formula is C9H22N2. The van der Waals surface area contributed by atoms with Crippen molar-refractivity contribution in [1.82, 2.24) is 10.2 Å². The summed E-state index contributed by atoms with van der Waals surface area (Å²) in [5, 5.41) is 3.34. The van der Waals surface area contributed by atoms with Gasteiger partial charge in [-0.25, -0.2) is 0 Å². The van der Waals surface area contributed by atoms with E-state index in [0.29, 0.717) is 0 Å². The molecule has 1 aliphatic rings. The average Bonchev–Trinajstić information content (AvgIpc) is 2.10. The topological polar surface area (TPSA) is 15.3 Å². The molecule has 0 saturated carbocycles. The Morgan fingerprint density at radius 3 is 1.82 bits per heavy atom. The molecular weight excluding hydrogens is 136 g/mol. The third-order valence-electron chi connectivity index (χ3n) is 2.04. The lowest BCUT2D eigenvalue weighted by molar-refractivity contribution is 0.238. The molecule has 1 N–H and O–H groups in total. The first-order valence-corrected chi connectivity index (χ1v) is 4.68. The Morgan fingerprint density at radius 1 is 1.09 bits per heavy atom. The van der Waals surface area contributed by atoms with Gasteiger partial charge < -0.3 is 10.2 Å². The van der Waals surface area contributed by atoms with E-state index in [0.717, 1.165) is 6.04 Å². The van der Waals surface area contributed by atoms with E-state index in [9.17, 15) is 0 Å². The third kappa shape index (κ3) is 4.38. The van der Waals surface area contributed by atoms with Crippen molar-refractivity contribution >= 4 is 0 Å². The van der Waals surface area contributed by atoms with Crippen molar-refractivity contribution in [3.8, 4) is 0 Å². The van der Waals surface area contributed by atoms with Crippen molar-refractivity contribution in [3.05, 3.63) is 0 Å². The van der Waals surface area contributed by atoms with E-state index in [2.05, 4.69) is 24.3 Å². The van der Waals surface area contributed by atoms with Crippen LogP contribution in [0.25, 0.3) is 0 Å². The fourth-order valence-corrected chi connectivity index (χ4v) is 1.32. The smallest absolute Gasteiger partial charge is 0.0113 e. The van der Waals surface area contributed by atoms with Crippen LogP contribution in [0.3, 0.4) is 0 Å². The number of piperidine rings is 1. The molecule has 1 saturated heterocycles. The van der Waals surface area contributed by atoms with Crippen molar-refractivity contribution in [1.29, 1.82) is 0 Å². The Labute approximate surface area is 71.0 Å². The third-order valence-corrected chi connectivity index (χ3v) is 2.04. The maximum absolute atomic E-state index is 3.34. The predicted octanol–water partition coefficient (Wildman–Crippen LogP) is 1.33. The molecule has 1 aliphatic heterocycles. The fourth-order valence-electron chi connectivity index (χ4n) is 1.32. The Morgan fingerprint density at radius 2 is 1.55 bits per heavy atom. The lowest BCUT2D eigenvalue weighted by Crippen LogP contribution is -2.39. The van der Waals surface area contributed by atoms with E-state index in [-0.39, 0.29) is 0 Å². The summed E-state index contributed by atoms with van der Waals surface area (Å²) in [5.41, 5.74) is 0. The molecule has 1 rings (SSSR count). The second kappa shape index (κ2) is 6.62. The van der Waals surface area contributed by atoms with Gasteiger partial charge in [-0.1, -0.05) is 13.8 Å². The summed E-state index contributed by atoms with van der Waals surface area (Å²) in [7, 11) is 4.33. The monoisotopic (exact) mass is 158 g/mol. The van der Waals surface area contributed by atoms with Crippen LogP contribution in [-0.2, 0) is 0 Å². The van der Waals surface area contributed by atoms with Gasteiger partial charge in [0.2, 0.25) is 0 Å². The minimum absolute atomic E-state index is 0.825. The normalized spacial score (nSPS) is 19.4. The Kier molecular flexibility index (Phi) is 6.57. The maximum Gasteiger partial charge on any atom is 0.0113 e. The van der Waals surface area contributed by atoms with Gasteiger partial charge in [0, 0.05) is 6.04 Å². The van der Waals surface area contributed by atoms with Gasteiger partial charge in [0.1, 0.15) is 0 Å². The summed E-state index contributed by atoms with van der Waals surface area (Å²) in [4.78, 5) is 2.32. The van der Waals surface area contributed by atoms with Crippen LogP contribution in [0.5, 0.6) is 0 Å². The molecule has 68 valence electrons. The largest absolute Gasteiger partial charge is 0.317 e. The second-order valence-corrected chi connectivity index (χ2v) is 2.94. The van der Waals surface area contributed by atoms with E-state index < -0.39 is 0 Å². The number of hydrogen-bond acceptors (Lipinski definition) is 2. The van der Waals surface area contributed by atoms with E-state index in [1.54, 1.807) is 0 Å². The van der Waals surface area contributed by atoms with Gasteiger partial charge in [-0.3, -0.25) is 0 Å². The van der Waals surface area contributed by atoms with E-state index >= 15 is 0 Å². The maximum atomic E-state index is 3.34. The van der Waals surface area contributed by atoms with Crippen LogP contribution in [0.2, 0.25) is 0 Å². The minimum Gasteiger partial charge on any atom is -0.317 e. The van der Waals surface area contributed by atoms with Gasteiger partial charge in [0.05, 0.1) is 0 Å². The van der Waals surface area contributed by atoms with Crippen molar-refractivity contribution in [3.63, 3.8) is 0 Å². The summed E-state index contributed by atoms with van der Waals surface area (Å²) in [6.45, 7) is 6.39. The highest BCUT2D eigenvalue weighted by molar-refractivity contribution is 4.73. The molecule has 2 nitrogen and oxygen atoms in total. The molecule has 0 aromatic carbocycles. The SMILES string of the molecule is CC.CN(C)C1CCNCC1. The molecule has 0 bridgehead atoms. The van der Waals surface area contributed by atoms with Gasteiger partial charge in [0.15, 0.2) is 0 Å². The molecule has 0 atom stereocenters. The minimum atomic E-state index is 0.825. The molecule has 0 aromatic heterocycles. The highest BCUT2D eigenvalue weighted by Gasteiger charge is 2.13. The molecule has 0 spiro atoms. The molecule has 0 amide bonds. The van der Waals surface area contributed by atoms with Gasteiger partial charge in [-0.2, -0.15) is 0 Å². The number of hydrogen-bond donors (Lipinski definition) is 1. The summed E-state index contributed by atoms with van der Waals surface area (Å²) in [6, 6.07) is 0.825. The molecule has 2 heteroatoms. The molecule has 0 radical (unpaired) electrons. The lowest BCUT2D eigenvalue weighted by Gasteiger charge is -2.28. The first kappa shape index (κ1) is 10.9. The van der Waals surface area contributed by atoms with Crippen molar-refractivity contribution in [2.45, 2.75) is 32.7 Å². The van der Waals surface area contributed by atoms with E-state index in [1.807, 2.05) is 13.8 Å². The molecule has 0 aromatic rings. The molecule has 11 heavy (non-hydrogen) atoms. The molecule has 0 unspecified atom stereocenters. The first-order valence-electron chi connectivity index (χ1n) is 4.68. The number of nitrogens with one attached hydrogen (secondary N) is 1. The van der Waals surface area contributed by atoms with Crippen LogP contribution in [-0.4, -0.2) is 38.1 Å². The van der Waals surface area contributed by atoms with Crippen LogP contribution in [0.4, 0.5) is 0 Å². The van der Waals surface area contributed by atoms with Gasteiger partial charge >= 0.3 is 0 Å². The van der Waals surface area contributed by atoms with Crippen molar-refractivity contribution < 1.29 is 0 Å². The average molecular weight is 158 g/mol. The van der Waals surface area contributed by atoms with Gasteiger partial charge in [0.25, 0.3) is 0 Å². The van der Waals surface area contributed by atoms with E-state index in [4.69, 9.17) is 0 Å². The molecule has 1 heterocycles. The van der Waals surface area contributed by atoms with Crippen LogP contribution < -0.4 is 5.32 Å². The van der Waals surface area contributed by atoms with Gasteiger partial charge in [-0.05, 0) is 40.0 Å². The highest BCUT2D eigenvalue weighted by Crippen LogP contribution is 2.06.